The third-order valence-electron chi connectivity index (χ3n) is 6.74. The second kappa shape index (κ2) is 11.9. The average molecular weight is 596 g/mol. The molecular formula is C30H28ClF2N5O2S. The fourth-order valence-electron chi connectivity index (χ4n) is 4.46. The summed E-state index contributed by atoms with van der Waals surface area (Å²) in [5.41, 5.74) is 1.67. The van der Waals surface area contributed by atoms with Gasteiger partial charge in [0.2, 0.25) is 0 Å². The Morgan fingerprint density at radius 2 is 1.71 bits per heavy atom. The fraction of sp³-hybridized carbons (Fsp3) is 0.233. The van der Waals surface area contributed by atoms with E-state index in [1.54, 1.807) is 54.4 Å². The maximum atomic E-state index is 14.8. The Morgan fingerprint density at radius 1 is 0.951 bits per heavy atom. The van der Waals surface area contributed by atoms with Gasteiger partial charge in [-0.25, -0.2) is 13.8 Å². The van der Waals surface area contributed by atoms with Gasteiger partial charge in [0.25, 0.3) is 0 Å². The number of nitrogens with zero attached hydrogens (tertiary/aromatic N) is 5. The largest absolute Gasteiger partial charge is 0.495 e. The normalized spacial score (nSPS) is 11.6. The molecule has 0 bridgehead atoms. The molecule has 0 saturated heterocycles. The van der Waals surface area contributed by atoms with Crippen LogP contribution in [-0.2, 0) is 5.41 Å². The van der Waals surface area contributed by atoms with Gasteiger partial charge in [-0.05, 0) is 74.9 Å². The Balaban J connectivity index is 1.37. The van der Waals surface area contributed by atoms with Gasteiger partial charge in [0.05, 0.1) is 24.2 Å². The van der Waals surface area contributed by atoms with E-state index in [0.717, 1.165) is 11.4 Å². The number of benzene rings is 3. The summed E-state index contributed by atoms with van der Waals surface area (Å²) in [5, 5.41) is 10.1. The van der Waals surface area contributed by atoms with Crippen molar-refractivity contribution in [3.8, 4) is 22.9 Å². The highest BCUT2D eigenvalue weighted by Crippen LogP contribution is 2.37. The highest BCUT2D eigenvalue weighted by Gasteiger charge is 2.32. The van der Waals surface area contributed by atoms with Crippen LogP contribution in [0.25, 0.3) is 11.4 Å². The van der Waals surface area contributed by atoms with Crippen LogP contribution in [0.3, 0.4) is 0 Å². The molecule has 5 rings (SSSR count). The molecule has 5 aromatic rings. The van der Waals surface area contributed by atoms with Gasteiger partial charge >= 0.3 is 0 Å². The lowest BCUT2D eigenvalue weighted by Gasteiger charge is -2.26. The van der Waals surface area contributed by atoms with Crippen LogP contribution in [0.5, 0.6) is 11.5 Å². The van der Waals surface area contributed by atoms with Crippen LogP contribution in [-0.4, -0.2) is 43.8 Å². The van der Waals surface area contributed by atoms with E-state index in [-0.39, 0.29) is 18.2 Å². The molecule has 0 aliphatic rings. The van der Waals surface area contributed by atoms with Crippen LogP contribution in [0.1, 0.15) is 31.1 Å². The zero-order chi connectivity index (χ0) is 29.1. The Hall–Kier alpha value is -3.89. The lowest BCUT2D eigenvalue weighted by atomic mass is 9.83. The molecule has 212 valence electrons. The minimum Gasteiger partial charge on any atom is -0.495 e. The van der Waals surface area contributed by atoms with Crippen LogP contribution >= 0.6 is 23.4 Å². The number of aryl methyl sites for hydroxylation is 1. The highest BCUT2D eigenvalue weighted by molar-refractivity contribution is 7.99. The van der Waals surface area contributed by atoms with E-state index in [1.165, 1.54) is 30.0 Å². The maximum absolute atomic E-state index is 14.8. The first-order valence-corrected chi connectivity index (χ1v) is 14.2. The second-order valence-electron chi connectivity index (χ2n) is 9.75. The number of imidazole rings is 1. The summed E-state index contributed by atoms with van der Waals surface area (Å²) in [4.78, 5) is 4.18. The monoisotopic (exact) mass is 595 g/mol. The molecule has 2 heterocycles. The second-order valence-corrected chi connectivity index (χ2v) is 11.2. The molecule has 0 aliphatic heterocycles. The molecule has 0 saturated carbocycles. The van der Waals surface area contributed by atoms with Crippen LogP contribution in [0.15, 0.2) is 78.2 Å². The van der Waals surface area contributed by atoms with E-state index in [4.69, 9.17) is 21.1 Å². The molecule has 0 atom stereocenters. The molecule has 0 radical (unpaired) electrons. The van der Waals surface area contributed by atoms with Gasteiger partial charge in [0, 0.05) is 35.6 Å². The van der Waals surface area contributed by atoms with Crippen molar-refractivity contribution >= 4 is 23.4 Å². The van der Waals surface area contributed by atoms with Crippen molar-refractivity contribution < 1.29 is 18.3 Å². The third-order valence-corrected chi connectivity index (χ3v) is 7.95. The van der Waals surface area contributed by atoms with E-state index in [0.29, 0.717) is 38.9 Å². The van der Waals surface area contributed by atoms with Gasteiger partial charge in [-0.1, -0.05) is 29.4 Å². The third kappa shape index (κ3) is 5.94. The van der Waals surface area contributed by atoms with E-state index in [1.807, 2.05) is 37.5 Å². The molecular weight excluding hydrogens is 568 g/mol. The number of methoxy groups -OCH3 is 1. The minimum absolute atomic E-state index is 0.158. The summed E-state index contributed by atoms with van der Waals surface area (Å²) < 4.78 is 43.4. The molecule has 41 heavy (non-hydrogen) atoms. The lowest BCUT2D eigenvalue weighted by Crippen LogP contribution is -2.24. The van der Waals surface area contributed by atoms with Crippen LogP contribution in [0.2, 0.25) is 5.02 Å². The Kier molecular flexibility index (Phi) is 8.32. The molecule has 0 N–H and O–H groups in total. The van der Waals surface area contributed by atoms with E-state index >= 15 is 0 Å². The summed E-state index contributed by atoms with van der Waals surface area (Å²) in [6.45, 7) is 6.13. The predicted octanol–water partition coefficient (Wildman–Crippen LogP) is 7.20. The number of hydrogen-bond donors (Lipinski definition) is 0. The molecule has 0 unspecified atom stereocenters. The quantitative estimate of drug-likeness (QED) is 0.126. The summed E-state index contributed by atoms with van der Waals surface area (Å²) in [5.74, 6) is 1.78. The van der Waals surface area contributed by atoms with Crippen molar-refractivity contribution in [1.29, 1.82) is 0 Å². The lowest BCUT2D eigenvalue weighted by molar-refractivity contribution is 0.324. The first kappa shape index (κ1) is 28.6. The smallest absolute Gasteiger partial charge is 0.195 e. The zero-order valence-electron chi connectivity index (χ0n) is 22.9. The van der Waals surface area contributed by atoms with Gasteiger partial charge in [-0.3, -0.25) is 4.57 Å². The molecule has 0 fully saturated rings. The van der Waals surface area contributed by atoms with E-state index in [9.17, 15) is 8.78 Å². The van der Waals surface area contributed by atoms with Crippen LogP contribution < -0.4 is 9.47 Å². The van der Waals surface area contributed by atoms with Gasteiger partial charge < -0.3 is 14.0 Å². The van der Waals surface area contributed by atoms with E-state index in [2.05, 4.69) is 15.2 Å². The first-order chi connectivity index (χ1) is 19.7. The first-order valence-electron chi connectivity index (χ1n) is 12.8. The Labute approximate surface area is 246 Å². The Morgan fingerprint density at radius 3 is 2.39 bits per heavy atom. The Bertz CT molecular complexity index is 1670. The van der Waals surface area contributed by atoms with Crippen molar-refractivity contribution in [3.05, 3.63) is 107 Å². The minimum atomic E-state index is -0.618. The van der Waals surface area contributed by atoms with Crippen molar-refractivity contribution in [2.24, 2.45) is 0 Å². The summed E-state index contributed by atoms with van der Waals surface area (Å²) >= 11 is 7.67. The summed E-state index contributed by atoms with van der Waals surface area (Å²) in [7, 11) is 1.57. The molecule has 0 aliphatic carbocycles. The maximum Gasteiger partial charge on any atom is 0.195 e. The zero-order valence-corrected chi connectivity index (χ0v) is 24.5. The molecule has 0 spiro atoms. The molecule has 0 amide bonds. The van der Waals surface area contributed by atoms with Gasteiger partial charge in [-0.15, -0.1) is 10.2 Å². The summed E-state index contributed by atoms with van der Waals surface area (Å²) in [6.07, 6.45) is 3.44. The SMILES string of the molecule is COc1cc(C(C)(C)c2nnc(SCCOc3ccc(-n4ccnc4C)cc3F)n2-c2ccc(F)cc2)ccc1Cl. The van der Waals surface area contributed by atoms with Gasteiger partial charge in [-0.2, -0.15) is 0 Å². The van der Waals surface area contributed by atoms with Crippen molar-refractivity contribution in [3.63, 3.8) is 0 Å². The number of ether oxygens (including phenoxy) is 2. The number of aromatic nitrogens is 5. The van der Waals surface area contributed by atoms with Crippen molar-refractivity contribution in [1.82, 2.24) is 24.3 Å². The molecule has 2 aromatic heterocycles. The molecule has 7 nitrogen and oxygen atoms in total. The number of rotatable bonds is 10. The van der Waals surface area contributed by atoms with Crippen LogP contribution in [0.4, 0.5) is 8.78 Å². The topological polar surface area (TPSA) is 67.0 Å². The van der Waals surface area contributed by atoms with Crippen LogP contribution in [0, 0.1) is 18.6 Å². The number of thioether (sulfide) groups is 1. The number of halogens is 3. The fourth-order valence-corrected chi connectivity index (χ4v) is 5.42. The van der Waals surface area contributed by atoms with Crippen molar-refractivity contribution in [2.45, 2.75) is 31.3 Å². The highest BCUT2D eigenvalue weighted by atomic mass is 35.5. The standard InChI is InChI=1S/C30H28ClF2N5O2S/c1-19-34-13-14-37(19)23-10-12-26(25(33)18-23)40-15-16-41-29-36-35-28(38(29)22-8-6-21(32)7-9-22)30(2,3)20-5-11-24(31)27(17-20)39-4/h5-14,17-18H,15-16H2,1-4H3. The van der Waals surface area contributed by atoms with Crippen molar-refractivity contribution in [2.75, 3.05) is 19.5 Å². The summed E-state index contributed by atoms with van der Waals surface area (Å²) in [6, 6.07) is 16.5. The average Bonchev–Trinajstić information content (AvgIpc) is 3.59. The molecule has 3 aromatic carbocycles. The molecule has 11 heteroatoms. The predicted molar refractivity (Wildman–Crippen MR) is 156 cm³/mol. The van der Waals surface area contributed by atoms with Gasteiger partial charge in [0.1, 0.15) is 23.2 Å². The van der Waals surface area contributed by atoms with E-state index < -0.39 is 11.2 Å². The van der Waals surface area contributed by atoms with Gasteiger partial charge in [0.15, 0.2) is 16.7 Å². The number of hydrogen-bond acceptors (Lipinski definition) is 6.